The molecule has 0 spiro atoms. The Balaban J connectivity index is 2.16. The summed E-state index contributed by atoms with van der Waals surface area (Å²) >= 11 is 0. The molecule has 2 rings (SSSR count). The third-order valence-electron chi connectivity index (χ3n) is 2.35. The maximum atomic E-state index is 12.4. The van der Waals surface area contributed by atoms with Crippen molar-refractivity contribution in [2.45, 2.75) is 6.18 Å². The highest BCUT2D eigenvalue weighted by molar-refractivity contribution is 5.68. The first kappa shape index (κ1) is 13.1. The van der Waals surface area contributed by atoms with Gasteiger partial charge in [0.05, 0.1) is 11.3 Å². The Labute approximate surface area is 107 Å². The van der Waals surface area contributed by atoms with Crippen molar-refractivity contribution in [1.29, 1.82) is 0 Å². The van der Waals surface area contributed by atoms with Crippen molar-refractivity contribution in [3.8, 4) is 6.01 Å². The zero-order valence-corrected chi connectivity index (χ0v) is 9.59. The highest BCUT2D eigenvalue weighted by Crippen LogP contribution is 2.29. The summed E-state index contributed by atoms with van der Waals surface area (Å²) in [6, 6.07) is 5.96. The highest BCUT2D eigenvalue weighted by atomic mass is 19.4. The van der Waals surface area contributed by atoms with Crippen molar-refractivity contribution in [3.05, 3.63) is 53.3 Å². The molecule has 0 fully saturated rings. The normalized spacial score (nSPS) is 11.9. The molecule has 2 aromatic rings. The summed E-state index contributed by atoms with van der Waals surface area (Å²) in [4.78, 5) is 7.24. The minimum Gasteiger partial charge on any atom is -0.479 e. The largest absolute Gasteiger partial charge is 0.479 e. The highest BCUT2D eigenvalue weighted by Gasteiger charge is 2.29. The third kappa shape index (κ3) is 3.54. The van der Waals surface area contributed by atoms with Crippen LogP contribution in [0.1, 0.15) is 16.8 Å². The molecular weight excluding hydrogens is 257 g/mol. The number of hydrogen-bond donors (Lipinski definition) is 1. The lowest BCUT2D eigenvalue weighted by Crippen LogP contribution is -2.03. The van der Waals surface area contributed by atoms with Crippen LogP contribution in [0, 0.1) is 0 Å². The lowest BCUT2D eigenvalue weighted by Gasteiger charge is -2.05. The molecule has 98 valence electrons. The Morgan fingerprint density at radius 2 is 1.68 bits per heavy atom. The Morgan fingerprint density at radius 1 is 1.00 bits per heavy atom. The van der Waals surface area contributed by atoms with Gasteiger partial charge in [0.2, 0.25) is 0 Å². The smallest absolute Gasteiger partial charge is 0.416 e. The summed E-state index contributed by atoms with van der Waals surface area (Å²) in [5.41, 5.74) is 0.378. The van der Waals surface area contributed by atoms with Gasteiger partial charge in [0.25, 0.3) is 0 Å². The van der Waals surface area contributed by atoms with Crippen LogP contribution >= 0.6 is 0 Å². The van der Waals surface area contributed by atoms with E-state index < -0.39 is 11.7 Å². The van der Waals surface area contributed by atoms with Crippen LogP contribution in [0.5, 0.6) is 6.01 Å². The van der Waals surface area contributed by atoms with Gasteiger partial charge in [-0.25, -0.2) is 4.98 Å². The second-order valence-corrected chi connectivity index (χ2v) is 3.73. The van der Waals surface area contributed by atoms with Gasteiger partial charge in [-0.1, -0.05) is 18.2 Å². The molecule has 0 saturated heterocycles. The van der Waals surface area contributed by atoms with Gasteiger partial charge in [-0.15, -0.1) is 0 Å². The van der Waals surface area contributed by atoms with E-state index >= 15 is 0 Å². The first-order valence-electron chi connectivity index (χ1n) is 5.32. The fourth-order valence-corrected chi connectivity index (χ4v) is 1.42. The van der Waals surface area contributed by atoms with Crippen molar-refractivity contribution in [2.75, 3.05) is 0 Å². The topological polar surface area (TPSA) is 46.0 Å². The number of hydrogen-bond acceptors (Lipinski definition) is 3. The predicted octanol–water partition coefficient (Wildman–Crippen LogP) is 3.37. The van der Waals surface area contributed by atoms with Crippen molar-refractivity contribution in [2.24, 2.45) is 0 Å². The Bertz CT molecular complexity index is 592. The maximum absolute atomic E-state index is 12.4. The summed E-state index contributed by atoms with van der Waals surface area (Å²) < 4.78 is 37.1. The Kier molecular flexibility index (Phi) is 3.50. The standard InChI is InChI=1S/C13H9F3N2O/c14-13(15,16)10-4-1-9(2-5-10)3-6-11-7-8-17-12(19)18-11/h1-8H,(H,17,18,19)/b6-3+. The van der Waals surface area contributed by atoms with Crippen LogP contribution in [0.4, 0.5) is 13.2 Å². The minimum absolute atomic E-state index is 0.352. The van der Waals surface area contributed by atoms with Gasteiger partial charge in [0.1, 0.15) is 0 Å². The Hall–Kier alpha value is -2.37. The fourth-order valence-electron chi connectivity index (χ4n) is 1.42. The van der Waals surface area contributed by atoms with E-state index in [2.05, 4.69) is 9.97 Å². The summed E-state index contributed by atoms with van der Waals surface area (Å²) in [6.07, 6.45) is 0.224. The molecule has 0 bridgehead atoms. The summed E-state index contributed by atoms with van der Waals surface area (Å²) in [5, 5.41) is 9.06. The average Bonchev–Trinajstić information content (AvgIpc) is 2.36. The molecule has 0 saturated carbocycles. The molecule has 6 heteroatoms. The van der Waals surface area contributed by atoms with E-state index in [4.69, 9.17) is 5.11 Å². The quantitative estimate of drug-likeness (QED) is 0.906. The lowest BCUT2D eigenvalue weighted by atomic mass is 10.1. The first-order valence-corrected chi connectivity index (χ1v) is 5.32. The minimum atomic E-state index is -4.33. The van der Waals surface area contributed by atoms with Gasteiger partial charge in [-0.3, -0.25) is 0 Å². The van der Waals surface area contributed by atoms with Crippen LogP contribution in [-0.4, -0.2) is 15.1 Å². The zero-order chi connectivity index (χ0) is 13.9. The molecule has 0 aliphatic heterocycles. The number of halogens is 3. The van der Waals surface area contributed by atoms with Gasteiger partial charge in [0.15, 0.2) is 0 Å². The van der Waals surface area contributed by atoms with Crippen LogP contribution in [0.15, 0.2) is 36.5 Å². The second kappa shape index (κ2) is 5.09. The summed E-state index contributed by atoms with van der Waals surface area (Å²) in [7, 11) is 0. The van der Waals surface area contributed by atoms with E-state index in [9.17, 15) is 13.2 Å². The molecule has 1 heterocycles. The van der Waals surface area contributed by atoms with E-state index in [0.29, 0.717) is 11.3 Å². The number of nitrogens with zero attached hydrogens (tertiary/aromatic N) is 2. The van der Waals surface area contributed by atoms with Gasteiger partial charge < -0.3 is 5.11 Å². The van der Waals surface area contributed by atoms with E-state index in [1.807, 2.05) is 0 Å². The summed E-state index contributed by atoms with van der Waals surface area (Å²) in [6.45, 7) is 0. The van der Waals surface area contributed by atoms with Gasteiger partial charge >= 0.3 is 12.2 Å². The van der Waals surface area contributed by atoms with Gasteiger partial charge in [-0.05, 0) is 29.8 Å². The zero-order valence-electron chi connectivity index (χ0n) is 9.59. The first-order chi connectivity index (χ1) is 8.95. The predicted molar refractivity (Wildman–Crippen MR) is 64.1 cm³/mol. The fraction of sp³-hybridized carbons (Fsp3) is 0.0769. The Morgan fingerprint density at radius 3 is 2.26 bits per heavy atom. The van der Waals surface area contributed by atoms with Crippen molar-refractivity contribution >= 4 is 12.2 Å². The van der Waals surface area contributed by atoms with Crippen molar-refractivity contribution in [3.63, 3.8) is 0 Å². The monoisotopic (exact) mass is 266 g/mol. The van der Waals surface area contributed by atoms with Crippen molar-refractivity contribution < 1.29 is 18.3 Å². The maximum Gasteiger partial charge on any atom is 0.416 e. The van der Waals surface area contributed by atoms with Gasteiger partial charge in [0, 0.05) is 6.20 Å². The summed E-state index contributed by atoms with van der Waals surface area (Å²) in [5.74, 6) is 0. The van der Waals surface area contributed by atoms with Crippen LogP contribution in [0.3, 0.4) is 0 Å². The molecule has 0 aliphatic rings. The average molecular weight is 266 g/mol. The molecule has 0 aliphatic carbocycles. The van der Waals surface area contributed by atoms with E-state index in [-0.39, 0.29) is 6.01 Å². The molecule has 0 unspecified atom stereocenters. The SMILES string of the molecule is Oc1nccc(/C=C/c2ccc(C(F)(F)F)cc2)n1. The molecule has 1 N–H and O–H groups in total. The third-order valence-corrected chi connectivity index (χ3v) is 2.35. The molecule has 0 atom stereocenters. The van der Waals surface area contributed by atoms with Crippen LogP contribution in [-0.2, 0) is 6.18 Å². The van der Waals surface area contributed by atoms with Crippen LogP contribution in [0.2, 0.25) is 0 Å². The molecule has 0 amide bonds. The van der Waals surface area contributed by atoms with E-state index in [1.165, 1.54) is 18.3 Å². The lowest BCUT2D eigenvalue weighted by molar-refractivity contribution is -0.137. The molecular formula is C13H9F3N2O. The van der Waals surface area contributed by atoms with Crippen LogP contribution in [0.25, 0.3) is 12.2 Å². The number of benzene rings is 1. The number of aromatic nitrogens is 2. The number of aromatic hydroxyl groups is 1. The second-order valence-electron chi connectivity index (χ2n) is 3.73. The molecule has 1 aromatic heterocycles. The molecule has 3 nitrogen and oxygen atoms in total. The molecule has 0 radical (unpaired) electrons. The van der Waals surface area contributed by atoms with E-state index in [0.717, 1.165) is 12.1 Å². The van der Waals surface area contributed by atoms with E-state index in [1.54, 1.807) is 18.2 Å². The molecule has 1 aromatic carbocycles. The van der Waals surface area contributed by atoms with Crippen molar-refractivity contribution in [1.82, 2.24) is 9.97 Å². The van der Waals surface area contributed by atoms with Gasteiger partial charge in [-0.2, -0.15) is 18.2 Å². The van der Waals surface area contributed by atoms with Crippen LogP contribution < -0.4 is 0 Å². The number of rotatable bonds is 2. The number of alkyl halides is 3. The molecule has 19 heavy (non-hydrogen) atoms.